The number of nitrogens with two attached hydrogens (primary N) is 1. The summed E-state index contributed by atoms with van der Waals surface area (Å²) in [7, 11) is -2.14. The minimum absolute atomic E-state index is 0.0305. The molecule has 1 heterocycles. The van der Waals surface area contributed by atoms with Crippen LogP contribution in [0.2, 0.25) is 0 Å². The van der Waals surface area contributed by atoms with Crippen LogP contribution in [-0.4, -0.2) is 28.1 Å². The van der Waals surface area contributed by atoms with Crippen LogP contribution in [0.1, 0.15) is 30.5 Å². The van der Waals surface area contributed by atoms with Gasteiger partial charge in [-0.25, -0.2) is 8.42 Å². The van der Waals surface area contributed by atoms with Gasteiger partial charge in [0.1, 0.15) is 11.9 Å². The second kappa shape index (κ2) is 9.22. The molecule has 1 aliphatic rings. The number of sulfonamides is 1. The molecule has 0 spiro atoms. The van der Waals surface area contributed by atoms with E-state index in [0.29, 0.717) is 11.4 Å². The quantitative estimate of drug-likeness (QED) is 0.528. The minimum Gasteiger partial charge on any atom is -0.489 e. The third kappa shape index (κ3) is 4.74. The number of nitrogen functional groups attached to an aromatic ring is 1. The molecule has 0 aromatic heterocycles. The highest BCUT2D eigenvalue weighted by atomic mass is 32.2. The molecule has 4 rings (SSSR count). The summed E-state index contributed by atoms with van der Waals surface area (Å²) in [5, 5.41) is 3.55. The number of aryl methyl sites for hydroxylation is 1. The van der Waals surface area contributed by atoms with Crippen molar-refractivity contribution in [2.45, 2.75) is 36.8 Å². The summed E-state index contributed by atoms with van der Waals surface area (Å²) in [6, 6.07) is 22.3. The molecule has 3 N–H and O–H groups in total. The molecule has 3 aromatic rings. The lowest BCUT2D eigenvalue weighted by Crippen LogP contribution is -2.35. The van der Waals surface area contributed by atoms with E-state index in [1.54, 1.807) is 19.2 Å². The summed E-state index contributed by atoms with van der Waals surface area (Å²) < 4.78 is 33.6. The van der Waals surface area contributed by atoms with Crippen molar-refractivity contribution in [1.82, 2.24) is 5.32 Å². The number of hydrogen-bond donors (Lipinski definition) is 2. The van der Waals surface area contributed by atoms with Crippen LogP contribution < -0.4 is 20.1 Å². The van der Waals surface area contributed by atoms with Crippen LogP contribution in [0.4, 0.5) is 11.4 Å². The predicted octanol–water partition coefficient (Wildman–Crippen LogP) is 4.14. The number of anilines is 2. The van der Waals surface area contributed by atoms with Gasteiger partial charge in [-0.15, -0.1) is 0 Å². The van der Waals surface area contributed by atoms with Gasteiger partial charge in [0.25, 0.3) is 10.0 Å². The van der Waals surface area contributed by atoms with Crippen molar-refractivity contribution in [1.29, 1.82) is 0 Å². The summed E-state index contributed by atoms with van der Waals surface area (Å²) in [6.07, 6.45) is 1.85. The maximum absolute atomic E-state index is 13.0. The van der Waals surface area contributed by atoms with E-state index >= 15 is 0 Å². The van der Waals surface area contributed by atoms with Crippen molar-refractivity contribution in [2.24, 2.45) is 0 Å². The molecule has 0 saturated heterocycles. The van der Waals surface area contributed by atoms with Gasteiger partial charge in [0.2, 0.25) is 0 Å². The Labute approximate surface area is 190 Å². The molecule has 0 bridgehead atoms. The van der Waals surface area contributed by atoms with E-state index in [1.807, 2.05) is 36.4 Å². The maximum atomic E-state index is 13.0. The molecule has 6 nitrogen and oxygen atoms in total. The highest BCUT2D eigenvalue weighted by molar-refractivity contribution is 7.92. The molecule has 32 heavy (non-hydrogen) atoms. The van der Waals surface area contributed by atoms with Gasteiger partial charge in [-0.2, -0.15) is 0 Å². The summed E-state index contributed by atoms with van der Waals surface area (Å²) in [4.78, 5) is 0.199. The Kier molecular flexibility index (Phi) is 6.39. The first-order valence-electron chi connectivity index (χ1n) is 10.8. The molecule has 0 saturated carbocycles. The molecule has 1 aliphatic heterocycles. The number of hydrogen-bond acceptors (Lipinski definition) is 5. The van der Waals surface area contributed by atoms with Crippen LogP contribution in [0.15, 0.2) is 77.7 Å². The van der Waals surface area contributed by atoms with E-state index in [0.717, 1.165) is 30.7 Å². The number of fused-ring (bicyclic) bond motifs is 1. The summed E-state index contributed by atoms with van der Waals surface area (Å²) in [5.74, 6) is 0.743. The van der Waals surface area contributed by atoms with Crippen LogP contribution in [0.5, 0.6) is 5.75 Å². The summed E-state index contributed by atoms with van der Waals surface area (Å²) >= 11 is 0. The van der Waals surface area contributed by atoms with Crippen LogP contribution in [-0.2, 0) is 16.4 Å². The first-order chi connectivity index (χ1) is 15.3. The summed E-state index contributed by atoms with van der Waals surface area (Å²) in [6.45, 7) is 2.86. The number of nitrogens with one attached hydrogen (secondary N) is 1. The van der Waals surface area contributed by atoms with E-state index in [4.69, 9.17) is 10.5 Å². The molecule has 0 amide bonds. The number of benzene rings is 3. The van der Waals surface area contributed by atoms with Gasteiger partial charge >= 0.3 is 0 Å². The van der Waals surface area contributed by atoms with Gasteiger partial charge in [0, 0.05) is 31.4 Å². The van der Waals surface area contributed by atoms with Gasteiger partial charge < -0.3 is 15.8 Å². The van der Waals surface area contributed by atoms with Crippen LogP contribution in [0.25, 0.3) is 0 Å². The van der Waals surface area contributed by atoms with Gasteiger partial charge in [-0.3, -0.25) is 4.31 Å². The highest BCUT2D eigenvalue weighted by Gasteiger charge is 2.25. The first kappa shape index (κ1) is 22.2. The fourth-order valence-electron chi connectivity index (χ4n) is 3.86. The monoisotopic (exact) mass is 451 g/mol. The number of rotatable bonds is 7. The van der Waals surface area contributed by atoms with Crippen molar-refractivity contribution in [3.8, 4) is 5.75 Å². The van der Waals surface area contributed by atoms with Crippen LogP contribution in [0.3, 0.4) is 0 Å². The number of nitrogens with zero attached hydrogens (tertiary/aromatic N) is 1. The largest absolute Gasteiger partial charge is 0.489 e. The van der Waals surface area contributed by atoms with E-state index in [9.17, 15) is 8.42 Å². The van der Waals surface area contributed by atoms with Crippen molar-refractivity contribution >= 4 is 21.4 Å². The Morgan fingerprint density at radius 1 is 1.09 bits per heavy atom. The Morgan fingerprint density at radius 3 is 2.53 bits per heavy atom. The fraction of sp³-hybridized carbons (Fsp3) is 0.280. The predicted molar refractivity (Wildman–Crippen MR) is 128 cm³/mol. The zero-order chi connectivity index (χ0) is 22.7. The average Bonchev–Trinajstić information content (AvgIpc) is 2.82. The number of ether oxygens (including phenoxy) is 1. The van der Waals surface area contributed by atoms with Crippen molar-refractivity contribution in [3.05, 3.63) is 83.9 Å². The summed E-state index contributed by atoms with van der Waals surface area (Å²) in [5.41, 5.74) is 9.11. The third-order valence-corrected chi connectivity index (χ3v) is 7.73. The standard InChI is InChI=1S/C25H29N3O3S/c1-18(19-6-4-3-5-7-19)27-17-23-13-9-20-8-12-22(16-25(20)31-23)28(2)32(29,30)24-14-10-21(26)11-15-24/h3-8,10-12,14-16,18,23,27H,9,13,17,26H2,1-2H3/t18-,23?/m1/s1. The molecular formula is C25H29N3O3S. The third-order valence-electron chi connectivity index (χ3n) is 5.93. The van der Waals surface area contributed by atoms with E-state index in [2.05, 4.69) is 24.4 Å². The van der Waals surface area contributed by atoms with E-state index in [1.165, 1.54) is 22.0 Å². The van der Waals surface area contributed by atoms with E-state index in [-0.39, 0.29) is 17.0 Å². The fourth-order valence-corrected chi connectivity index (χ4v) is 5.05. The zero-order valence-corrected chi connectivity index (χ0v) is 19.2. The highest BCUT2D eigenvalue weighted by Crippen LogP contribution is 2.33. The second-order valence-corrected chi connectivity index (χ2v) is 10.1. The SMILES string of the molecule is C[C@@H](NCC1CCc2ccc(N(C)S(=O)(=O)c3ccc(N)cc3)cc2O1)c1ccccc1. The van der Waals surface area contributed by atoms with Gasteiger partial charge in [0.15, 0.2) is 0 Å². The topological polar surface area (TPSA) is 84.7 Å². The van der Waals surface area contributed by atoms with Crippen LogP contribution in [0, 0.1) is 0 Å². The molecule has 7 heteroatoms. The normalized spacial score (nSPS) is 16.6. The Hall–Kier alpha value is -3.03. The molecule has 3 aromatic carbocycles. The molecule has 0 fully saturated rings. The molecular weight excluding hydrogens is 422 g/mol. The molecule has 0 aliphatic carbocycles. The Balaban J connectivity index is 1.46. The van der Waals surface area contributed by atoms with Crippen molar-refractivity contribution < 1.29 is 13.2 Å². The van der Waals surface area contributed by atoms with Gasteiger partial charge in [0.05, 0.1) is 10.6 Å². The lowest BCUT2D eigenvalue weighted by molar-refractivity contribution is 0.167. The Bertz CT molecular complexity index is 1160. The lowest BCUT2D eigenvalue weighted by Gasteiger charge is -2.29. The van der Waals surface area contributed by atoms with Crippen LogP contribution >= 0.6 is 0 Å². The van der Waals surface area contributed by atoms with Crippen molar-refractivity contribution in [2.75, 3.05) is 23.6 Å². The Morgan fingerprint density at radius 2 is 1.81 bits per heavy atom. The molecule has 1 unspecified atom stereocenters. The lowest BCUT2D eigenvalue weighted by atomic mass is 10.0. The second-order valence-electron chi connectivity index (χ2n) is 8.15. The first-order valence-corrected chi connectivity index (χ1v) is 12.2. The molecule has 168 valence electrons. The smallest absolute Gasteiger partial charge is 0.264 e. The molecule has 0 radical (unpaired) electrons. The zero-order valence-electron chi connectivity index (χ0n) is 18.4. The van der Waals surface area contributed by atoms with Gasteiger partial charge in [-0.1, -0.05) is 36.4 Å². The van der Waals surface area contributed by atoms with Crippen molar-refractivity contribution in [3.63, 3.8) is 0 Å². The average molecular weight is 452 g/mol. The van der Waals surface area contributed by atoms with E-state index < -0.39 is 10.0 Å². The minimum atomic E-state index is -3.69. The van der Waals surface area contributed by atoms with Gasteiger partial charge in [-0.05, 0) is 61.2 Å². The maximum Gasteiger partial charge on any atom is 0.264 e. The molecule has 2 atom stereocenters.